The molecule has 4 fully saturated rings. The van der Waals surface area contributed by atoms with Crippen LogP contribution < -0.4 is 9.64 Å². The van der Waals surface area contributed by atoms with Crippen LogP contribution in [0.1, 0.15) is 70.6 Å². The highest BCUT2D eigenvalue weighted by molar-refractivity contribution is 6.03. The maximum atomic E-state index is 17.5. The maximum Gasteiger partial charge on any atom is 0.435 e. The van der Waals surface area contributed by atoms with E-state index in [1.54, 1.807) is 37.8 Å². The van der Waals surface area contributed by atoms with Crippen LogP contribution in [0.3, 0.4) is 0 Å². The van der Waals surface area contributed by atoms with Crippen molar-refractivity contribution >= 4 is 33.6 Å². The van der Waals surface area contributed by atoms with Crippen LogP contribution >= 0.6 is 0 Å². The third-order valence-corrected chi connectivity index (χ3v) is 13.3. The molecule has 65 heavy (non-hydrogen) atoms. The molecule has 10 nitrogen and oxygen atoms in total. The predicted octanol–water partition coefficient (Wildman–Crippen LogP) is 9.44. The summed E-state index contributed by atoms with van der Waals surface area (Å²) in [6.07, 6.45) is -16.1. The molecule has 2 aromatic heterocycles. The highest BCUT2D eigenvalue weighted by Crippen LogP contribution is 2.57. The molecule has 2 aromatic carbocycles. The Bertz CT molecular complexity index is 2590. The zero-order chi connectivity index (χ0) is 46.8. The number of halogens is 11. The summed E-state index contributed by atoms with van der Waals surface area (Å²) in [7, 11) is 0. The van der Waals surface area contributed by atoms with Gasteiger partial charge in [-0.05, 0) is 83.7 Å². The number of benzene rings is 2. The van der Waals surface area contributed by atoms with Crippen molar-refractivity contribution in [2.24, 2.45) is 0 Å². The number of hydrogen-bond acceptors (Lipinski definition) is 9. The number of aryl methyl sites for hydroxylation is 1. The first-order chi connectivity index (χ1) is 30.4. The fourth-order valence-corrected chi connectivity index (χ4v) is 10.7. The molecule has 7 heterocycles. The second-order valence-electron chi connectivity index (χ2n) is 18.4. The lowest BCUT2D eigenvalue weighted by atomic mass is 9.93. The van der Waals surface area contributed by atoms with E-state index in [0.717, 1.165) is 0 Å². The fraction of sp³-hybridized carbons (Fsp3) is 0.545. The SMILES string of the molecule is C#Cc1c(F)ccc2cccc(-c3nc4c5c(nc(OC[C@@]67CCCN6CC(OC(C(F)(F)F)(C(F)(F)F)C(F)(F)F)C7)nc5c3F)N3C[C@H]5CC[C@@H]([C@H]3CC4)N5C(=O)OC(C)(C)C)c12. The summed E-state index contributed by atoms with van der Waals surface area (Å²) in [6.45, 7) is 4.33. The average molecular weight is 927 g/mol. The summed E-state index contributed by atoms with van der Waals surface area (Å²) in [6, 6.07) is 5.89. The third kappa shape index (κ3) is 7.15. The van der Waals surface area contributed by atoms with Crippen molar-refractivity contribution in [3.8, 4) is 29.6 Å². The number of fused-ring (bicyclic) bond motifs is 7. The molecule has 1 amide bonds. The fourth-order valence-electron chi connectivity index (χ4n) is 10.7. The van der Waals surface area contributed by atoms with E-state index in [9.17, 15) is 44.3 Å². The number of carbonyl (C=O) groups excluding carboxylic acids is 1. The molecule has 5 aliphatic rings. The Labute approximate surface area is 364 Å². The van der Waals surface area contributed by atoms with Gasteiger partial charge in [-0.1, -0.05) is 30.2 Å². The molecule has 21 heteroatoms. The lowest BCUT2D eigenvalue weighted by molar-refractivity contribution is -0.463. The number of rotatable bonds is 6. The van der Waals surface area contributed by atoms with E-state index in [1.807, 2.05) is 4.90 Å². The summed E-state index contributed by atoms with van der Waals surface area (Å²) >= 11 is 0. The number of aromatic nitrogens is 3. The molecular formula is C44H41F11N6O4. The first-order valence-corrected chi connectivity index (χ1v) is 21.0. The van der Waals surface area contributed by atoms with Gasteiger partial charge < -0.3 is 19.1 Å². The van der Waals surface area contributed by atoms with Gasteiger partial charge in [0, 0.05) is 24.0 Å². The number of ether oxygens (including phenoxy) is 3. The Morgan fingerprint density at radius 3 is 2.29 bits per heavy atom. The van der Waals surface area contributed by atoms with Gasteiger partial charge in [0.15, 0.2) is 5.82 Å². The van der Waals surface area contributed by atoms with Crippen LogP contribution in [0.15, 0.2) is 30.3 Å². The highest BCUT2D eigenvalue weighted by Gasteiger charge is 2.86. The van der Waals surface area contributed by atoms with E-state index in [4.69, 9.17) is 25.9 Å². The minimum absolute atomic E-state index is 0.0874. The Morgan fingerprint density at radius 1 is 0.892 bits per heavy atom. The molecule has 0 radical (unpaired) electrons. The zero-order valence-corrected chi connectivity index (χ0v) is 35.0. The van der Waals surface area contributed by atoms with Crippen LogP contribution in [-0.2, 0) is 15.9 Å². The molecule has 348 valence electrons. The predicted molar refractivity (Wildman–Crippen MR) is 212 cm³/mol. The Hall–Kier alpha value is -5.23. The van der Waals surface area contributed by atoms with E-state index in [0.29, 0.717) is 36.8 Å². The summed E-state index contributed by atoms with van der Waals surface area (Å²) in [5, 5.41) is 0.913. The van der Waals surface area contributed by atoms with Crippen molar-refractivity contribution in [1.82, 2.24) is 24.8 Å². The smallest absolute Gasteiger partial charge is 0.435 e. The van der Waals surface area contributed by atoms with Gasteiger partial charge in [0.2, 0.25) is 0 Å². The molecule has 4 saturated heterocycles. The second kappa shape index (κ2) is 15.2. The Morgan fingerprint density at radius 2 is 1.62 bits per heavy atom. The molecular weight excluding hydrogens is 885 g/mol. The number of anilines is 1. The Kier molecular flexibility index (Phi) is 10.5. The number of pyridine rings is 1. The van der Waals surface area contributed by atoms with Gasteiger partial charge in [-0.3, -0.25) is 9.80 Å². The van der Waals surface area contributed by atoms with Gasteiger partial charge >= 0.3 is 36.2 Å². The van der Waals surface area contributed by atoms with Crippen LogP contribution in [0, 0.1) is 24.0 Å². The summed E-state index contributed by atoms with van der Waals surface area (Å²) in [4.78, 5) is 32.8. The quantitative estimate of drug-likeness (QED) is 0.139. The van der Waals surface area contributed by atoms with E-state index in [2.05, 4.69) is 15.6 Å². The normalized spacial score (nSPS) is 24.9. The molecule has 9 rings (SSSR count). The summed E-state index contributed by atoms with van der Waals surface area (Å²) in [5.74, 6) is 0.840. The molecule has 0 saturated carbocycles. The monoisotopic (exact) mass is 926 g/mol. The van der Waals surface area contributed by atoms with Gasteiger partial charge in [0.05, 0.1) is 46.4 Å². The van der Waals surface area contributed by atoms with Crippen molar-refractivity contribution < 1.29 is 67.3 Å². The lowest BCUT2D eigenvalue weighted by Crippen LogP contribution is -2.68. The standard InChI is InChI=1S/C44H41F11N6O4/c1-5-25-27(45)12-10-22-8-6-9-26(31(22)25)34-33(46)35-32-28(56-34)13-15-29-30-14-11-23(61(30)38(62)65-39(2,3)4)19-60(29)36(32)58-37(57-35)63-21-40-16-7-17-59(40)20-24(18-40)64-41(42(47,48)49,43(50,51)52)44(53,54)55/h1,6,8-10,12,23-24,29-30H,7,11,13-21H2,2-4H3/t23-,24?,29-,30+,40+/m1/s1. The van der Waals surface area contributed by atoms with Crippen molar-refractivity contribution in [2.45, 2.75) is 125 Å². The van der Waals surface area contributed by atoms with Gasteiger partial charge in [0.25, 0.3) is 0 Å². The van der Waals surface area contributed by atoms with E-state index >= 15 is 8.78 Å². The third-order valence-electron chi connectivity index (χ3n) is 13.3. The van der Waals surface area contributed by atoms with Gasteiger partial charge in [-0.25, -0.2) is 18.6 Å². The number of amides is 1. The Balaban J connectivity index is 1.13. The number of hydrogen-bond donors (Lipinski definition) is 0. The number of piperazine rings is 1. The first-order valence-electron chi connectivity index (χ1n) is 21.0. The average Bonchev–Trinajstić information content (AvgIpc) is 3.82. The van der Waals surface area contributed by atoms with Gasteiger partial charge in [-0.2, -0.15) is 49.5 Å². The summed E-state index contributed by atoms with van der Waals surface area (Å²) in [5.41, 5.74) is -8.80. The second-order valence-corrected chi connectivity index (χ2v) is 18.4. The maximum absolute atomic E-state index is 17.5. The minimum Gasteiger partial charge on any atom is -0.461 e. The number of terminal acetylenes is 1. The van der Waals surface area contributed by atoms with Crippen molar-refractivity contribution in [2.75, 3.05) is 31.1 Å². The van der Waals surface area contributed by atoms with E-state index in [-0.39, 0.29) is 76.9 Å². The topological polar surface area (TPSA) is 93.2 Å². The van der Waals surface area contributed by atoms with Gasteiger partial charge in [0.1, 0.15) is 35.1 Å². The molecule has 1 unspecified atom stereocenters. The van der Waals surface area contributed by atoms with Crippen LogP contribution in [0.4, 0.5) is 58.9 Å². The van der Waals surface area contributed by atoms with Crippen LogP contribution in [0.5, 0.6) is 6.01 Å². The van der Waals surface area contributed by atoms with Crippen molar-refractivity contribution in [1.29, 1.82) is 0 Å². The van der Waals surface area contributed by atoms with Crippen molar-refractivity contribution in [3.05, 3.63) is 53.2 Å². The largest absolute Gasteiger partial charge is 0.461 e. The molecule has 5 atom stereocenters. The van der Waals surface area contributed by atoms with Crippen molar-refractivity contribution in [3.63, 3.8) is 0 Å². The molecule has 0 N–H and O–H groups in total. The molecule has 0 aliphatic carbocycles. The molecule has 5 aliphatic heterocycles. The number of carbonyl (C=O) groups is 1. The number of alkyl halides is 9. The number of nitrogens with zero attached hydrogens (tertiary/aromatic N) is 6. The first kappa shape index (κ1) is 44.9. The minimum atomic E-state index is -6.91. The van der Waals surface area contributed by atoms with E-state index < -0.39 is 90.7 Å². The molecule has 2 bridgehead atoms. The van der Waals surface area contributed by atoms with Crippen LogP contribution in [-0.4, -0.2) is 117 Å². The van der Waals surface area contributed by atoms with Crippen LogP contribution in [0.2, 0.25) is 0 Å². The zero-order valence-electron chi connectivity index (χ0n) is 35.0. The highest BCUT2D eigenvalue weighted by atomic mass is 19.4. The van der Waals surface area contributed by atoms with Gasteiger partial charge in [-0.15, -0.1) is 6.42 Å². The molecule has 0 spiro atoms. The lowest BCUT2D eigenvalue weighted by Gasteiger charge is -2.47. The summed E-state index contributed by atoms with van der Waals surface area (Å²) < 4.78 is 174. The molecule has 4 aromatic rings. The van der Waals surface area contributed by atoms with E-state index in [1.165, 1.54) is 23.1 Å². The van der Waals surface area contributed by atoms with Crippen LogP contribution in [0.25, 0.3) is 32.9 Å².